The Kier molecular flexibility index (Phi) is 4.45. The topological polar surface area (TPSA) is 12.4 Å². The van der Waals surface area contributed by atoms with Gasteiger partial charge in [-0.15, -0.1) is 0 Å². The Bertz CT molecular complexity index is 757. The number of hydrogen-bond donors (Lipinski definition) is 0. The highest BCUT2D eigenvalue weighted by Gasteiger charge is 2.07. The van der Waals surface area contributed by atoms with Crippen molar-refractivity contribution in [2.45, 2.75) is 0 Å². The van der Waals surface area contributed by atoms with Gasteiger partial charge >= 0.3 is 0 Å². The molecule has 0 spiro atoms. The lowest BCUT2D eigenvalue weighted by Crippen LogP contribution is -2.02. The molecule has 108 valence electrons. The fourth-order valence-electron chi connectivity index (χ4n) is 2.17. The number of benzene rings is 3. The molecule has 0 aliphatic rings. The highest BCUT2D eigenvalue weighted by Crippen LogP contribution is 2.23. The molecule has 22 heavy (non-hydrogen) atoms. The molecule has 0 heterocycles. The van der Waals surface area contributed by atoms with Crippen LogP contribution in [-0.2, 0) is 0 Å². The van der Waals surface area contributed by atoms with Crippen molar-refractivity contribution in [3.8, 4) is 0 Å². The first kappa shape index (κ1) is 14.7. The molecule has 3 aromatic rings. The van der Waals surface area contributed by atoms with Gasteiger partial charge in [-0.1, -0.05) is 60.7 Å². The zero-order chi connectivity index (χ0) is 15.4. The average Bonchev–Trinajstić information content (AvgIpc) is 2.57. The molecule has 0 atom stereocenters. The summed E-state index contributed by atoms with van der Waals surface area (Å²) in [5.74, 6) is -0.318. The van der Waals surface area contributed by atoms with Gasteiger partial charge in [0.25, 0.3) is 0 Å². The first-order chi connectivity index (χ1) is 10.7. The van der Waals surface area contributed by atoms with Gasteiger partial charge < -0.3 is 0 Å². The van der Waals surface area contributed by atoms with Crippen LogP contribution in [0.1, 0.15) is 11.1 Å². The Hall–Kier alpha value is -2.26. The smallest absolute Gasteiger partial charge is 0.139 e. The summed E-state index contributed by atoms with van der Waals surface area (Å²) in [4.78, 5) is 4.66. The highest BCUT2D eigenvalue weighted by atomic mass is 79.9. The van der Waals surface area contributed by atoms with Crippen molar-refractivity contribution in [3.63, 3.8) is 0 Å². The third-order valence-corrected chi connectivity index (χ3v) is 3.88. The van der Waals surface area contributed by atoms with E-state index in [1.54, 1.807) is 12.1 Å². The second kappa shape index (κ2) is 6.67. The van der Waals surface area contributed by atoms with Crippen LogP contribution >= 0.6 is 15.9 Å². The molecule has 0 amide bonds. The van der Waals surface area contributed by atoms with Crippen molar-refractivity contribution in [1.82, 2.24) is 0 Å². The lowest BCUT2D eigenvalue weighted by atomic mass is 10.0. The van der Waals surface area contributed by atoms with E-state index in [-0.39, 0.29) is 5.82 Å². The van der Waals surface area contributed by atoms with Crippen LogP contribution in [0.5, 0.6) is 0 Å². The van der Waals surface area contributed by atoms with Crippen LogP contribution in [0.4, 0.5) is 10.1 Å². The van der Waals surface area contributed by atoms with Gasteiger partial charge in [-0.25, -0.2) is 9.38 Å². The van der Waals surface area contributed by atoms with Gasteiger partial charge in [0.2, 0.25) is 0 Å². The van der Waals surface area contributed by atoms with E-state index in [0.29, 0.717) is 10.2 Å². The van der Waals surface area contributed by atoms with Crippen molar-refractivity contribution in [1.29, 1.82) is 0 Å². The Morgan fingerprint density at radius 3 is 1.82 bits per heavy atom. The summed E-state index contributed by atoms with van der Waals surface area (Å²) in [6.45, 7) is 0. The maximum Gasteiger partial charge on any atom is 0.139 e. The zero-order valence-electron chi connectivity index (χ0n) is 11.7. The van der Waals surface area contributed by atoms with Gasteiger partial charge in [-0.3, -0.25) is 0 Å². The molecule has 0 fully saturated rings. The largest absolute Gasteiger partial charge is 0.248 e. The predicted octanol–water partition coefficient (Wildman–Crippen LogP) is 5.76. The Morgan fingerprint density at radius 1 is 0.773 bits per heavy atom. The van der Waals surface area contributed by atoms with Gasteiger partial charge in [0.15, 0.2) is 0 Å². The molecule has 0 saturated carbocycles. The fourth-order valence-corrected chi connectivity index (χ4v) is 2.42. The molecule has 3 rings (SSSR count). The van der Waals surface area contributed by atoms with Crippen LogP contribution in [0.2, 0.25) is 0 Å². The van der Waals surface area contributed by atoms with E-state index in [4.69, 9.17) is 0 Å². The zero-order valence-corrected chi connectivity index (χ0v) is 13.3. The van der Waals surface area contributed by atoms with Crippen LogP contribution in [0.15, 0.2) is 88.3 Å². The van der Waals surface area contributed by atoms with Crippen LogP contribution in [0, 0.1) is 5.82 Å². The Balaban J connectivity index is 2.13. The number of halogens is 2. The fraction of sp³-hybridized carbons (Fsp3) is 0. The maximum atomic E-state index is 13.7. The Morgan fingerprint density at radius 2 is 1.32 bits per heavy atom. The molecule has 0 unspecified atom stereocenters. The van der Waals surface area contributed by atoms with Crippen LogP contribution in [0.3, 0.4) is 0 Å². The first-order valence-corrected chi connectivity index (χ1v) is 7.68. The number of aliphatic imine (C=N–C) groups is 1. The van der Waals surface area contributed by atoms with Gasteiger partial charge in [0.05, 0.1) is 15.9 Å². The number of nitrogens with zero attached hydrogens (tertiary/aromatic N) is 1. The molecular weight excluding hydrogens is 341 g/mol. The van der Waals surface area contributed by atoms with E-state index in [1.807, 2.05) is 60.7 Å². The minimum absolute atomic E-state index is 0.318. The summed E-state index contributed by atoms with van der Waals surface area (Å²) in [5.41, 5.74) is 3.40. The molecular formula is C19H13BrFN. The van der Waals surface area contributed by atoms with Crippen LogP contribution < -0.4 is 0 Å². The lowest BCUT2D eigenvalue weighted by molar-refractivity contribution is 0.621. The van der Waals surface area contributed by atoms with Crippen molar-refractivity contribution >= 4 is 27.3 Å². The van der Waals surface area contributed by atoms with E-state index in [2.05, 4.69) is 20.9 Å². The molecule has 0 bridgehead atoms. The molecule has 0 radical (unpaired) electrons. The summed E-state index contributed by atoms with van der Waals surface area (Å²) in [5, 5.41) is 0. The number of hydrogen-bond acceptors (Lipinski definition) is 1. The van der Waals surface area contributed by atoms with Gasteiger partial charge in [0, 0.05) is 17.2 Å². The molecule has 0 N–H and O–H groups in total. The maximum absolute atomic E-state index is 13.7. The van der Waals surface area contributed by atoms with E-state index in [1.165, 1.54) is 6.07 Å². The van der Waals surface area contributed by atoms with Crippen molar-refractivity contribution in [3.05, 3.63) is 100 Å². The summed E-state index contributed by atoms with van der Waals surface area (Å²) in [7, 11) is 0. The van der Waals surface area contributed by atoms with Crippen molar-refractivity contribution < 1.29 is 4.39 Å². The molecule has 1 nitrogen and oxygen atoms in total. The van der Waals surface area contributed by atoms with Crippen molar-refractivity contribution in [2.75, 3.05) is 0 Å². The molecule has 0 aromatic heterocycles. The van der Waals surface area contributed by atoms with Gasteiger partial charge in [-0.05, 0) is 28.1 Å². The minimum Gasteiger partial charge on any atom is -0.248 e. The van der Waals surface area contributed by atoms with Crippen LogP contribution in [0.25, 0.3) is 0 Å². The molecule has 3 heteroatoms. The van der Waals surface area contributed by atoms with E-state index in [0.717, 1.165) is 16.8 Å². The summed E-state index contributed by atoms with van der Waals surface area (Å²) < 4.78 is 14.2. The quantitative estimate of drug-likeness (QED) is 0.531. The van der Waals surface area contributed by atoms with Crippen LogP contribution in [-0.4, -0.2) is 5.71 Å². The molecule has 0 saturated heterocycles. The SMILES string of the molecule is Fc1cc(N=C(c2ccccc2)c2ccccc2)ccc1Br. The third-order valence-electron chi connectivity index (χ3n) is 3.24. The summed E-state index contributed by atoms with van der Waals surface area (Å²) >= 11 is 3.16. The molecule has 3 aromatic carbocycles. The second-order valence-corrected chi connectivity index (χ2v) is 5.65. The van der Waals surface area contributed by atoms with E-state index >= 15 is 0 Å². The normalized spacial score (nSPS) is 10.3. The third kappa shape index (κ3) is 3.31. The van der Waals surface area contributed by atoms with E-state index < -0.39 is 0 Å². The van der Waals surface area contributed by atoms with Crippen molar-refractivity contribution in [2.24, 2.45) is 4.99 Å². The molecule has 0 aliphatic heterocycles. The van der Waals surface area contributed by atoms with E-state index in [9.17, 15) is 4.39 Å². The first-order valence-electron chi connectivity index (χ1n) is 6.88. The minimum atomic E-state index is -0.318. The molecule has 0 aliphatic carbocycles. The highest BCUT2D eigenvalue weighted by molar-refractivity contribution is 9.10. The van der Waals surface area contributed by atoms with Gasteiger partial charge in [0.1, 0.15) is 5.82 Å². The summed E-state index contributed by atoms with van der Waals surface area (Å²) in [6, 6.07) is 24.7. The monoisotopic (exact) mass is 353 g/mol. The second-order valence-electron chi connectivity index (χ2n) is 4.79. The van der Waals surface area contributed by atoms with Gasteiger partial charge in [-0.2, -0.15) is 0 Å². The lowest BCUT2D eigenvalue weighted by Gasteiger charge is -2.08. The average molecular weight is 354 g/mol. The standard InChI is InChI=1S/C19H13BrFN/c20-17-12-11-16(13-18(17)21)22-19(14-7-3-1-4-8-14)15-9-5-2-6-10-15/h1-13H. The Labute approximate surface area is 137 Å². The number of rotatable bonds is 3. The predicted molar refractivity (Wildman–Crippen MR) is 92.3 cm³/mol. The summed E-state index contributed by atoms with van der Waals surface area (Å²) in [6.07, 6.45) is 0.